The van der Waals surface area contributed by atoms with Gasteiger partial charge in [-0.15, -0.1) is 0 Å². The molecule has 2 atom stereocenters. The highest BCUT2D eigenvalue weighted by molar-refractivity contribution is 14.1. The minimum absolute atomic E-state index is 0.0502. The first-order chi connectivity index (χ1) is 14.4. The first kappa shape index (κ1) is 20.7. The van der Waals surface area contributed by atoms with Gasteiger partial charge in [0.2, 0.25) is 0 Å². The zero-order chi connectivity index (χ0) is 21.3. The number of halogens is 1. The molecule has 1 saturated carbocycles. The van der Waals surface area contributed by atoms with Gasteiger partial charge in [-0.1, -0.05) is 25.0 Å². The van der Waals surface area contributed by atoms with Crippen molar-refractivity contribution in [3.05, 3.63) is 44.5 Å². The number of carbonyl (C=O) groups is 2. The number of nitrogens with zero attached hydrogens (tertiary/aromatic N) is 1. The van der Waals surface area contributed by atoms with E-state index in [9.17, 15) is 14.7 Å². The number of pyridine rings is 1. The number of hydrogen-bond acceptors (Lipinski definition) is 5. The average molecular weight is 521 g/mol. The molecule has 0 radical (unpaired) electrons. The number of rotatable bonds is 5. The van der Waals surface area contributed by atoms with Crippen LogP contribution >= 0.6 is 22.6 Å². The van der Waals surface area contributed by atoms with Gasteiger partial charge in [-0.3, -0.25) is 4.79 Å². The zero-order valence-corrected chi connectivity index (χ0v) is 18.7. The van der Waals surface area contributed by atoms with E-state index >= 15 is 0 Å². The van der Waals surface area contributed by atoms with Crippen LogP contribution in [0.25, 0.3) is 0 Å². The molecular weight excluding hydrogens is 497 g/mol. The van der Waals surface area contributed by atoms with Crippen LogP contribution in [0.5, 0.6) is 0 Å². The number of carboxylic acid groups (broad SMARTS) is 1. The van der Waals surface area contributed by atoms with Gasteiger partial charge < -0.3 is 26.4 Å². The molecule has 0 saturated heterocycles. The maximum Gasteiger partial charge on any atom is 0.404 e. The Balaban J connectivity index is 1.68. The summed E-state index contributed by atoms with van der Waals surface area (Å²) in [7, 11) is 0. The van der Waals surface area contributed by atoms with Crippen LogP contribution in [0.1, 0.15) is 47.2 Å². The summed E-state index contributed by atoms with van der Waals surface area (Å²) in [6.07, 6.45) is 2.67. The molecule has 9 heteroatoms. The minimum atomic E-state index is -1.01. The third-order valence-electron chi connectivity index (χ3n) is 5.57. The van der Waals surface area contributed by atoms with Crippen molar-refractivity contribution >= 4 is 51.9 Å². The van der Waals surface area contributed by atoms with Gasteiger partial charge in [-0.25, -0.2) is 9.78 Å². The molecule has 158 valence electrons. The van der Waals surface area contributed by atoms with Gasteiger partial charge in [0, 0.05) is 23.8 Å². The number of benzene rings is 1. The van der Waals surface area contributed by atoms with Crippen molar-refractivity contribution in [1.29, 1.82) is 0 Å². The van der Waals surface area contributed by atoms with E-state index < -0.39 is 6.09 Å². The predicted octanol–water partition coefficient (Wildman–Crippen LogP) is 3.97. The number of aromatic nitrogens is 1. The highest BCUT2D eigenvalue weighted by Crippen LogP contribution is 2.34. The van der Waals surface area contributed by atoms with Gasteiger partial charge in [0.15, 0.2) is 0 Å². The molecule has 1 fully saturated rings. The van der Waals surface area contributed by atoms with Crippen molar-refractivity contribution in [3.63, 3.8) is 0 Å². The molecule has 8 nitrogen and oxygen atoms in total. The average Bonchev–Trinajstić information content (AvgIpc) is 3.09. The van der Waals surface area contributed by atoms with Crippen LogP contribution in [-0.2, 0) is 6.54 Å². The van der Waals surface area contributed by atoms with Gasteiger partial charge in [0.1, 0.15) is 11.6 Å². The SMILES string of the molecule is Cc1cccc(Nc2nc(N[C@@H]3CCCC[C@@H]3NC(=O)O)c(I)c3c2C(=O)NC3)c1. The molecule has 1 aliphatic carbocycles. The lowest BCUT2D eigenvalue weighted by Crippen LogP contribution is -2.48. The third kappa shape index (κ3) is 4.30. The number of carbonyl (C=O) groups excluding carboxylic acids is 1. The van der Waals surface area contributed by atoms with E-state index in [0.717, 1.165) is 46.1 Å². The van der Waals surface area contributed by atoms with Gasteiger partial charge >= 0.3 is 6.09 Å². The molecule has 5 N–H and O–H groups in total. The van der Waals surface area contributed by atoms with Crippen LogP contribution in [0, 0.1) is 10.5 Å². The molecule has 0 bridgehead atoms. The summed E-state index contributed by atoms with van der Waals surface area (Å²) in [5.41, 5.74) is 3.44. The van der Waals surface area contributed by atoms with Crippen LogP contribution < -0.4 is 21.3 Å². The Labute approximate surface area is 188 Å². The van der Waals surface area contributed by atoms with Gasteiger partial charge in [-0.2, -0.15) is 0 Å². The fraction of sp³-hybridized carbons (Fsp3) is 0.381. The summed E-state index contributed by atoms with van der Waals surface area (Å²) in [6.45, 7) is 2.46. The molecule has 4 rings (SSSR count). The zero-order valence-electron chi connectivity index (χ0n) is 16.6. The molecule has 30 heavy (non-hydrogen) atoms. The van der Waals surface area contributed by atoms with Gasteiger partial charge in [0.25, 0.3) is 5.91 Å². The van der Waals surface area contributed by atoms with Crippen LogP contribution in [0.15, 0.2) is 24.3 Å². The van der Waals surface area contributed by atoms with Crippen LogP contribution in [0.3, 0.4) is 0 Å². The lowest BCUT2D eigenvalue weighted by molar-refractivity contribution is 0.0966. The molecule has 0 spiro atoms. The van der Waals surface area contributed by atoms with E-state index in [-0.39, 0.29) is 18.0 Å². The molecule has 1 aromatic carbocycles. The summed E-state index contributed by atoms with van der Waals surface area (Å²) in [6, 6.07) is 7.68. The normalized spacial score (nSPS) is 20.3. The molecular formula is C21H24IN5O3. The summed E-state index contributed by atoms with van der Waals surface area (Å²) >= 11 is 2.22. The highest BCUT2D eigenvalue weighted by atomic mass is 127. The first-order valence-corrected chi connectivity index (χ1v) is 11.1. The van der Waals surface area contributed by atoms with E-state index in [1.54, 1.807) is 0 Å². The van der Waals surface area contributed by atoms with Crippen molar-refractivity contribution in [2.75, 3.05) is 10.6 Å². The van der Waals surface area contributed by atoms with Crippen LogP contribution in [0.2, 0.25) is 0 Å². The molecule has 2 heterocycles. The Morgan fingerprint density at radius 1 is 1.23 bits per heavy atom. The quantitative estimate of drug-likeness (QED) is 0.381. The van der Waals surface area contributed by atoms with E-state index in [2.05, 4.69) is 43.9 Å². The summed E-state index contributed by atoms with van der Waals surface area (Å²) in [5.74, 6) is 1.04. The van der Waals surface area contributed by atoms with Crippen molar-refractivity contribution in [1.82, 2.24) is 15.6 Å². The molecule has 2 amide bonds. The molecule has 2 aromatic rings. The number of aryl methyl sites for hydroxylation is 1. The predicted molar refractivity (Wildman–Crippen MR) is 123 cm³/mol. The summed E-state index contributed by atoms with van der Waals surface area (Å²) in [5, 5.41) is 21.5. The third-order valence-corrected chi connectivity index (χ3v) is 6.73. The lowest BCUT2D eigenvalue weighted by atomic mass is 9.90. The van der Waals surface area contributed by atoms with Crippen LogP contribution in [-0.4, -0.2) is 34.2 Å². The Kier molecular flexibility index (Phi) is 5.98. The van der Waals surface area contributed by atoms with Crippen molar-refractivity contribution in [3.8, 4) is 0 Å². The van der Waals surface area contributed by atoms with Gasteiger partial charge in [0.05, 0.1) is 15.2 Å². The second-order valence-electron chi connectivity index (χ2n) is 7.74. The number of fused-ring (bicyclic) bond motifs is 1. The van der Waals surface area contributed by atoms with Crippen molar-refractivity contribution in [2.45, 2.75) is 51.2 Å². The summed E-state index contributed by atoms with van der Waals surface area (Å²) in [4.78, 5) is 28.4. The van der Waals surface area contributed by atoms with E-state index in [4.69, 9.17) is 4.98 Å². The Bertz CT molecular complexity index is 997. The topological polar surface area (TPSA) is 115 Å². The first-order valence-electron chi connectivity index (χ1n) is 10.0. The molecule has 2 aliphatic rings. The number of anilines is 3. The van der Waals surface area contributed by atoms with E-state index in [1.807, 2.05) is 31.2 Å². The van der Waals surface area contributed by atoms with Crippen molar-refractivity contribution in [2.24, 2.45) is 0 Å². The second-order valence-corrected chi connectivity index (χ2v) is 8.82. The molecule has 1 aromatic heterocycles. The van der Waals surface area contributed by atoms with Crippen LogP contribution in [0.4, 0.5) is 22.1 Å². The van der Waals surface area contributed by atoms with E-state index in [1.165, 1.54) is 0 Å². The van der Waals surface area contributed by atoms with Gasteiger partial charge in [-0.05, 0) is 60.1 Å². The fourth-order valence-electron chi connectivity index (χ4n) is 4.14. The summed E-state index contributed by atoms with van der Waals surface area (Å²) < 4.78 is 0.885. The smallest absolute Gasteiger partial charge is 0.404 e. The number of nitrogens with one attached hydrogen (secondary N) is 4. The Morgan fingerprint density at radius 3 is 2.73 bits per heavy atom. The Hall–Kier alpha value is -2.56. The molecule has 1 aliphatic heterocycles. The fourth-order valence-corrected chi connectivity index (χ4v) is 4.87. The standard InChI is InChI=1S/C21H24IN5O3/c1-11-5-4-6-12(9-11)24-18-16-13(10-23-20(16)28)17(22)19(27-18)25-14-7-2-3-8-15(14)26-21(29)30/h4-6,9,14-15,26H,2-3,7-8,10H2,1H3,(H,23,28)(H,29,30)(H2,24,25,27)/t14-,15+/m1/s1. The maximum absolute atomic E-state index is 12.5. The number of hydrogen-bond donors (Lipinski definition) is 5. The maximum atomic E-state index is 12.5. The highest BCUT2D eigenvalue weighted by Gasteiger charge is 2.31. The monoisotopic (exact) mass is 521 g/mol. The largest absolute Gasteiger partial charge is 0.465 e. The van der Waals surface area contributed by atoms with E-state index in [0.29, 0.717) is 23.7 Å². The Morgan fingerprint density at radius 2 is 2.00 bits per heavy atom. The lowest BCUT2D eigenvalue weighted by Gasteiger charge is -2.32. The number of amides is 2. The van der Waals surface area contributed by atoms with Crippen molar-refractivity contribution < 1.29 is 14.7 Å². The minimum Gasteiger partial charge on any atom is -0.465 e. The second kappa shape index (κ2) is 8.66. The molecule has 0 unspecified atom stereocenters.